The summed E-state index contributed by atoms with van der Waals surface area (Å²) in [6.45, 7) is 2.67. The molecule has 0 radical (unpaired) electrons. The number of carbonyl (C=O) groups excluding carboxylic acids is 1. The average molecular weight is 367 g/mol. The van der Waals surface area contributed by atoms with Crippen LogP contribution >= 0.6 is 0 Å². The number of carbonyl (C=O) groups is 1. The van der Waals surface area contributed by atoms with Crippen molar-refractivity contribution in [2.24, 2.45) is 0 Å². The van der Waals surface area contributed by atoms with Crippen LogP contribution in [0.3, 0.4) is 0 Å². The number of methoxy groups -OCH3 is 2. The smallest absolute Gasteiger partial charge is 0.258 e. The van der Waals surface area contributed by atoms with Crippen molar-refractivity contribution < 1.29 is 14.3 Å². The second-order valence-electron chi connectivity index (χ2n) is 5.92. The van der Waals surface area contributed by atoms with Gasteiger partial charge in [-0.05, 0) is 36.8 Å². The molecule has 0 bridgehead atoms. The molecule has 0 spiro atoms. The summed E-state index contributed by atoms with van der Waals surface area (Å²) in [6, 6.07) is 6.94. The molecule has 140 valence electrons. The van der Waals surface area contributed by atoms with Gasteiger partial charge in [-0.3, -0.25) is 14.6 Å². The standard InChI is InChI=1S/C20H21N3O4/c1-4-23-12-16(19(24)22-11-13-5-7-21-8-6-13)14-9-17(26-2)18(27-3)10-15(14)20(23)25/h5-10,12H,4,11H2,1-3H3,(H,22,24). The van der Waals surface area contributed by atoms with Crippen molar-refractivity contribution in [3.8, 4) is 11.5 Å². The minimum absolute atomic E-state index is 0.181. The highest BCUT2D eigenvalue weighted by Crippen LogP contribution is 2.32. The number of nitrogens with one attached hydrogen (secondary N) is 1. The zero-order chi connectivity index (χ0) is 19.4. The van der Waals surface area contributed by atoms with Gasteiger partial charge in [0.2, 0.25) is 0 Å². The molecule has 7 nitrogen and oxygen atoms in total. The Morgan fingerprint density at radius 1 is 1.11 bits per heavy atom. The molecule has 0 aliphatic rings. The van der Waals surface area contributed by atoms with Gasteiger partial charge in [0, 0.05) is 37.1 Å². The lowest BCUT2D eigenvalue weighted by Crippen LogP contribution is -2.27. The maximum absolute atomic E-state index is 12.9. The van der Waals surface area contributed by atoms with Crippen LogP contribution in [-0.4, -0.2) is 29.7 Å². The summed E-state index contributed by atoms with van der Waals surface area (Å²) in [5.41, 5.74) is 1.16. The van der Waals surface area contributed by atoms with E-state index in [2.05, 4.69) is 10.3 Å². The van der Waals surface area contributed by atoms with Crippen LogP contribution in [0, 0.1) is 0 Å². The van der Waals surface area contributed by atoms with Crippen molar-refractivity contribution in [2.45, 2.75) is 20.0 Å². The van der Waals surface area contributed by atoms with E-state index in [0.29, 0.717) is 40.9 Å². The first-order valence-electron chi connectivity index (χ1n) is 8.55. The lowest BCUT2D eigenvalue weighted by atomic mass is 10.1. The maximum atomic E-state index is 12.9. The SMILES string of the molecule is CCn1cc(C(=O)NCc2ccncc2)c2cc(OC)c(OC)cc2c1=O. The van der Waals surface area contributed by atoms with Crippen molar-refractivity contribution in [2.75, 3.05) is 14.2 Å². The number of aryl methyl sites for hydroxylation is 1. The van der Waals surface area contributed by atoms with Crippen LogP contribution in [0.2, 0.25) is 0 Å². The highest BCUT2D eigenvalue weighted by molar-refractivity contribution is 6.07. The molecule has 3 aromatic rings. The Hall–Kier alpha value is -3.35. The largest absolute Gasteiger partial charge is 0.493 e. The van der Waals surface area contributed by atoms with Gasteiger partial charge < -0.3 is 19.4 Å². The second kappa shape index (κ2) is 7.90. The number of fused-ring (bicyclic) bond motifs is 1. The molecule has 2 aromatic heterocycles. The Bertz CT molecular complexity index is 1030. The van der Waals surface area contributed by atoms with Gasteiger partial charge in [0.15, 0.2) is 11.5 Å². The molecule has 1 amide bonds. The number of hydrogen-bond acceptors (Lipinski definition) is 5. The predicted octanol–water partition coefficient (Wildman–Crippen LogP) is 2.36. The molecule has 1 N–H and O–H groups in total. The fraction of sp³-hybridized carbons (Fsp3) is 0.250. The van der Waals surface area contributed by atoms with Crippen LogP contribution in [0.1, 0.15) is 22.8 Å². The molecule has 0 aliphatic carbocycles. The van der Waals surface area contributed by atoms with Crippen LogP contribution in [0.15, 0.2) is 47.7 Å². The lowest BCUT2D eigenvalue weighted by Gasteiger charge is -2.14. The Labute approximate surface area is 156 Å². The van der Waals surface area contributed by atoms with Crippen LogP contribution in [0.25, 0.3) is 10.8 Å². The summed E-state index contributed by atoms with van der Waals surface area (Å²) in [6.07, 6.45) is 4.93. The second-order valence-corrected chi connectivity index (χ2v) is 5.92. The highest BCUT2D eigenvalue weighted by atomic mass is 16.5. The molecule has 3 rings (SSSR count). The molecule has 0 atom stereocenters. The third kappa shape index (κ3) is 3.62. The minimum atomic E-state index is -0.272. The van der Waals surface area contributed by atoms with Gasteiger partial charge in [-0.1, -0.05) is 0 Å². The number of benzene rings is 1. The number of ether oxygens (including phenoxy) is 2. The van der Waals surface area contributed by atoms with Crippen LogP contribution in [0.4, 0.5) is 0 Å². The topological polar surface area (TPSA) is 82.5 Å². The molecule has 0 fully saturated rings. The first-order valence-corrected chi connectivity index (χ1v) is 8.55. The zero-order valence-corrected chi connectivity index (χ0v) is 15.5. The van der Waals surface area contributed by atoms with E-state index in [0.717, 1.165) is 5.56 Å². The quantitative estimate of drug-likeness (QED) is 0.723. The summed E-state index contributed by atoms with van der Waals surface area (Å²) in [5, 5.41) is 3.82. The van der Waals surface area contributed by atoms with Gasteiger partial charge in [0.1, 0.15) is 0 Å². The van der Waals surface area contributed by atoms with Crippen LogP contribution in [0.5, 0.6) is 11.5 Å². The number of pyridine rings is 2. The van der Waals surface area contributed by atoms with Gasteiger partial charge >= 0.3 is 0 Å². The van der Waals surface area contributed by atoms with Crippen molar-refractivity contribution in [1.29, 1.82) is 0 Å². The Morgan fingerprint density at radius 2 is 1.74 bits per heavy atom. The van der Waals surface area contributed by atoms with Gasteiger partial charge in [-0.25, -0.2) is 0 Å². The van der Waals surface area contributed by atoms with E-state index in [1.165, 1.54) is 18.8 Å². The summed E-state index contributed by atoms with van der Waals surface area (Å²) >= 11 is 0. The van der Waals surface area contributed by atoms with Gasteiger partial charge in [0.25, 0.3) is 11.5 Å². The third-order valence-electron chi connectivity index (χ3n) is 4.38. The van der Waals surface area contributed by atoms with E-state index in [4.69, 9.17) is 9.47 Å². The highest BCUT2D eigenvalue weighted by Gasteiger charge is 2.18. The summed E-state index contributed by atoms with van der Waals surface area (Å²) in [5.74, 6) is 0.632. The third-order valence-corrected chi connectivity index (χ3v) is 4.38. The normalized spacial score (nSPS) is 10.6. The Balaban J connectivity index is 2.08. The first-order chi connectivity index (χ1) is 13.1. The van der Waals surface area contributed by atoms with Gasteiger partial charge in [-0.15, -0.1) is 0 Å². The van der Waals surface area contributed by atoms with Crippen molar-refractivity contribution in [1.82, 2.24) is 14.9 Å². The zero-order valence-electron chi connectivity index (χ0n) is 15.5. The molecule has 2 heterocycles. The van der Waals surface area contributed by atoms with E-state index < -0.39 is 0 Å². The van der Waals surface area contributed by atoms with Gasteiger partial charge in [-0.2, -0.15) is 0 Å². The molecular formula is C20H21N3O4. The average Bonchev–Trinajstić information content (AvgIpc) is 2.72. The summed E-state index contributed by atoms with van der Waals surface area (Å²) in [7, 11) is 3.02. The number of hydrogen-bond donors (Lipinski definition) is 1. The summed E-state index contributed by atoms with van der Waals surface area (Å²) < 4.78 is 12.1. The molecule has 0 aliphatic heterocycles. The van der Waals surface area contributed by atoms with E-state index in [1.54, 1.807) is 30.7 Å². The lowest BCUT2D eigenvalue weighted by molar-refractivity contribution is 0.0951. The van der Waals surface area contributed by atoms with Gasteiger partial charge in [0.05, 0.1) is 25.2 Å². The van der Waals surface area contributed by atoms with E-state index >= 15 is 0 Å². The van der Waals surface area contributed by atoms with Crippen LogP contribution in [-0.2, 0) is 13.1 Å². The summed E-state index contributed by atoms with van der Waals surface area (Å²) in [4.78, 5) is 29.5. The molecule has 1 aromatic carbocycles. The fourth-order valence-corrected chi connectivity index (χ4v) is 2.91. The van der Waals surface area contributed by atoms with Crippen molar-refractivity contribution in [3.05, 3.63) is 64.3 Å². The number of aromatic nitrogens is 2. The molecular weight excluding hydrogens is 346 g/mol. The monoisotopic (exact) mass is 367 g/mol. The minimum Gasteiger partial charge on any atom is -0.493 e. The molecule has 0 unspecified atom stereocenters. The molecule has 0 saturated carbocycles. The fourth-order valence-electron chi connectivity index (χ4n) is 2.91. The van der Waals surface area contributed by atoms with Crippen LogP contribution < -0.4 is 20.3 Å². The van der Waals surface area contributed by atoms with E-state index in [1.807, 2.05) is 19.1 Å². The number of amides is 1. The molecule has 0 saturated heterocycles. The van der Waals surface area contributed by atoms with E-state index in [-0.39, 0.29) is 11.5 Å². The predicted molar refractivity (Wildman–Crippen MR) is 102 cm³/mol. The van der Waals surface area contributed by atoms with Crippen molar-refractivity contribution in [3.63, 3.8) is 0 Å². The van der Waals surface area contributed by atoms with E-state index in [9.17, 15) is 9.59 Å². The Kier molecular flexibility index (Phi) is 5.40. The van der Waals surface area contributed by atoms with Crippen molar-refractivity contribution >= 4 is 16.7 Å². The number of rotatable bonds is 6. The number of nitrogens with zero attached hydrogens (tertiary/aromatic N) is 2. The molecule has 27 heavy (non-hydrogen) atoms. The first kappa shape index (κ1) is 18.4. The Morgan fingerprint density at radius 3 is 2.33 bits per heavy atom. The molecule has 7 heteroatoms. The maximum Gasteiger partial charge on any atom is 0.258 e.